The van der Waals surface area contributed by atoms with Crippen LogP contribution in [-0.2, 0) is 6.54 Å². The highest BCUT2D eigenvalue weighted by atomic mass is 127. The van der Waals surface area contributed by atoms with Crippen LogP contribution < -0.4 is 15.4 Å². The average molecular weight is 540 g/mol. The number of alkyl halides is 3. The van der Waals surface area contributed by atoms with Gasteiger partial charge in [-0.25, -0.2) is 4.99 Å². The summed E-state index contributed by atoms with van der Waals surface area (Å²) in [6, 6.07) is 6.07. The monoisotopic (exact) mass is 540 g/mol. The molecule has 1 aromatic rings. The Morgan fingerprint density at radius 3 is 2.67 bits per heavy atom. The van der Waals surface area contributed by atoms with Gasteiger partial charge in [-0.2, -0.15) is 13.2 Å². The van der Waals surface area contributed by atoms with Crippen LogP contribution in [0.3, 0.4) is 0 Å². The highest BCUT2D eigenvalue weighted by molar-refractivity contribution is 14.0. The molecular formula is C21H32F3IN4O. The standard InChI is InChI=1S/C21H31F3N4O.HI/c1-3-25-20(26-11-16-8-9-28(13-16)18-6-7-18)27-12-17-5-4-15(2)10-19(17)29-14-21(22,23)24;/h4-5,10,16,18H,3,6-9,11-14H2,1-2H3,(H2,25,26,27);1H. The van der Waals surface area contributed by atoms with E-state index in [0.717, 1.165) is 31.2 Å². The Kier molecular flexibility index (Phi) is 9.52. The van der Waals surface area contributed by atoms with Crippen LogP contribution in [0.5, 0.6) is 5.75 Å². The van der Waals surface area contributed by atoms with Crippen molar-refractivity contribution in [3.8, 4) is 5.75 Å². The molecule has 9 heteroatoms. The zero-order valence-corrected chi connectivity index (χ0v) is 19.9. The second-order valence-corrected chi connectivity index (χ2v) is 7.97. The number of nitrogens with zero attached hydrogens (tertiary/aromatic N) is 2. The van der Waals surface area contributed by atoms with E-state index in [-0.39, 0.29) is 36.3 Å². The van der Waals surface area contributed by atoms with Crippen molar-refractivity contribution in [1.29, 1.82) is 0 Å². The Hall–Kier alpha value is -1.23. The van der Waals surface area contributed by atoms with Gasteiger partial charge in [0.1, 0.15) is 5.75 Å². The van der Waals surface area contributed by atoms with Crippen LogP contribution in [0, 0.1) is 12.8 Å². The van der Waals surface area contributed by atoms with Crippen molar-refractivity contribution in [3.05, 3.63) is 29.3 Å². The van der Waals surface area contributed by atoms with Gasteiger partial charge in [-0.1, -0.05) is 12.1 Å². The van der Waals surface area contributed by atoms with Crippen molar-refractivity contribution in [1.82, 2.24) is 15.5 Å². The minimum absolute atomic E-state index is 0. The number of benzene rings is 1. The Balaban J connectivity index is 0.00000320. The van der Waals surface area contributed by atoms with E-state index in [0.29, 0.717) is 17.4 Å². The minimum Gasteiger partial charge on any atom is -0.484 e. The molecule has 1 unspecified atom stereocenters. The van der Waals surface area contributed by atoms with E-state index in [1.165, 1.54) is 25.8 Å². The molecule has 0 amide bonds. The van der Waals surface area contributed by atoms with E-state index < -0.39 is 12.8 Å². The van der Waals surface area contributed by atoms with Crippen LogP contribution in [0.2, 0.25) is 0 Å². The number of nitrogens with one attached hydrogen (secondary N) is 2. The second-order valence-electron chi connectivity index (χ2n) is 7.97. The number of hydrogen-bond donors (Lipinski definition) is 2. The highest BCUT2D eigenvalue weighted by Crippen LogP contribution is 2.31. The maximum Gasteiger partial charge on any atom is 0.422 e. The summed E-state index contributed by atoms with van der Waals surface area (Å²) in [5, 5.41) is 6.61. The Bertz CT molecular complexity index is 710. The van der Waals surface area contributed by atoms with Gasteiger partial charge in [0.05, 0.1) is 6.54 Å². The van der Waals surface area contributed by atoms with Crippen LogP contribution >= 0.6 is 24.0 Å². The van der Waals surface area contributed by atoms with Gasteiger partial charge >= 0.3 is 6.18 Å². The van der Waals surface area contributed by atoms with Crippen molar-refractivity contribution < 1.29 is 17.9 Å². The highest BCUT2D eigenvalue weighted by Gasteiger charge is 2.34. The molecule has 1 saturated heterocycles. The van der Waals surface area contributed by atoms with E-state index in [4.69, 9.17) is 4.74 Å². The summed E-state index contributed by atoms with van der Waals surface area (Å²) < 4.78 is 42.6. The summed E-state index contributed by atoms with van der Waals surface area (Å²) in [5.41, 5.74) is 1.49. The molecule has 2 fully saturated rings. The fourth-order valence-corrected chi connectivity index (χ4v) is 3.63. The number of aryl methyl sites for hydroxylation is 1. The first-order chi connectivity index (χ1) is 13.8. The van der Waals surface area contributed by atoms with Gasteiger partial charge in [0.25, 0.3) is 0 Å². The molecule has 1 atom stereocenters. The molecule has 1 heterocycles. The van der Waals surface area contributed by atoms with E-state index in [2.05, 4.69) is 20.5 Å². The van der Waals surface area contributed by atoms with Crippen LogP contribution in [0.1, 0.15) is 37.3 Å². The largest absolute Gasteiger partial charge is 0.484 e. The number of ether oxygens (including phenoxy) is 1. The first-order valence-electron chi connectivity index (χ1n) is 10.4. The third-order valence-corrected chi connectivity index (χ3v) is 5.30. The lowest BCUT2D eigenvalue weighted by Gasteiger charge is -2.17. The number of rotatable bonds is 8. The van der Waals surface area contributed by atoms with Gasteiger partial charge < -0.3 is 20.3 Å². The maximum atomic E-state index is 12.5. The number of aliphatic imine (C=N–C) groups is 1. The van der Waals surface area contributed by atoms with Crippen molar-refractivity contribution >= 4 is 29.9 Å². The molecule has 170 valence electrons. The van der Waals surface area contributed by atoms with Crippen molar-refractivity contribution in [2.24, 2.45) is 10.9 Å². The molecule has 1 saturated carbocycles. The van der Waals surface area contributed by atoms with E-state index in [9.17, 15) is 13.2 Å². The Labute approximate surface area is 193 Å². The van der Waals surface area contributed by atoms with Crippen molar-refractivity contribution in [2.45, 2.75) is 51.9 Å². The molecule has 0 spiro atoms. The number of likely N-dealkylation sites (tertiary alicyclic amines) is 1. The molecule has 5 nitrogen and oxygen atoms in total. The predicted molar refractivity (Wildman–Crippen MR) is 124 cm³/mol. The van der Waals surface area contributed by atoms with Crippen LogP contribution in [-0.4, -0.2) is 55.9 Å². The summed E-state index contributed by atoms with van der Waals surface area (Å²) >= 11 is 0. The predicted octanol–water partition coefficient (Wildman–Crippen LogP) is 4.09. The molecule has 30 heavy (non-hydrogen) atoms. The molecule has 0 aromatic heterocycles. The lowest BCUT2D eigenvalue weighted by molar-refractivity contribution is -0.153. The summed E-state index contributed by atoms with van der Waals surface area (Å²) in [5.74, 6) is 1.52. The third-order valence-electron chi connectivity index (χ3n) is 5.30. The van der Waals surface area contributed by atoms with Crippen molar-refractivity contribution in [3.63, 3.8) is 0 Å². The molecule has 1 aromatic carbocycles. The molecule has 0 bridgehead atoms. The topological polar surface area (TPSA) is 48.9 Å². The SMILES string of the molecule is CCNC(=NCc1ccc(C)cc1OCC(F)(F)F)NCC1CCN(C2CC2)C1.I. The van der Waals surface area contributed by atoms with Crippen LogP contribution in [0.15, 0.2) is 23.2 Å². The zero-order valence-electron chi connectivity index (χ0n) is 17.6. The van der Waals surface area contributed by atoms with E-state index >= 15 is 0 Å². The van der Waals surface area contributed by atoms with Gasteiger partial charge in [0.2, 0.25) is 0 Å². The lowest BCUT2D eigenvalue weighted by atomic mass is 10.1. The molecule has 0 radical (unpaired) electrons. The number of halogens is 4. The first kappa shape index (κ1) is 25.0. The average Bonchev–Trinajstić information content (AvgIpc) is 3.41. The van der Waals surface area contributed by atoms with Crippen LogP contribution in [0.25, 0.3) is 0 Å². The maximum absolute atomic E-state index is 12.5. The third kappa shape index (κ3) is 8.13. The van der Waals surface area contributed by atoms with Gasteiger partial charge in [-0.3, -0.25) is 0 Å². The molecule has 1 aliphatic carbocycles. The normalized spacial score (nSPS) is 20.0. The summed E-state index contributed by atoms with van der Waals surface area (Å²) in [7, 11) is 0. The molecular weight excluding hydrogens is 508 g/mol. The van der Waals surface area contributed by atoms with E-state index in [1.807, 2.05) is 19.9 Å². The molecule has 2 N–H and O–H groups in total. The smallest absolute Gasteiger partial charge is 0.422 e. The van der Waals surface area contributed by atoms with Gasteiger partial charge in [0.15, 0.2) is 12.6 Å². The fourth-order valence-electron chi connectivity index (χ4n) is 3.63. The molecule has 1 aliphatic heterocycles. The summed E-state index contributed by atoms with van der Waals surface area (Å²) in [6.07, 6.45) is -0.508. The van der Waals surface area contributed by atoms with E-state index in [1.54, 1.807) is 12.1 Å². The zero-order chi connectivity index (χ0) is 20.9. The quantitative estimate of drug-likeness (QED) is 0.297. The first-order valence-corrected chi connectivity index (χ1v) is 10.4. The van der Waals surface area contributed by atoms with Crippen LogP contribution in [0.4, 0.5) is 13.2 Å². The summed E-state index contributed by atoms with van der Waals surface area (Å²) in [4.78, 5) is 7.14. The fraction of sp³-hybridized carbons (Fsp3) is 0.667. The Morgan fingerprint density at radius 2 is 2.00 bits per heavy atom. The lowest BCUT2D eigenvalue weighted by Crippen LogP contribution is -2.40. The minimum atomic E-state index is -4.36. The van der Waals surface area contributed by atoms with Gasteiger partial charge in [-0.05, 0) is 57.2 Å². The summed E-state index contributed by atoms with van der Waals surface area (Å²) in [6.45, 7) is 6.64. The number of guanidine groups is 1. The second kappa shape index (κ2) is 11.4. The number of hydrogen-bond acceptors (Lipinski definition) is 3. The molecule has 2 aliphatic rings. The Morgan fingerprint density at radius 1 is 1.23 bits per heavy atom. The van der Waals surface area contributed by atoms with Gasteiger partial charge in [0, 0.05) is 31.2 Å². The van der Waals surface area contributed by atoms with Crippen molar-refractivity contribution in [2.75, 3.05) is 32.8 Å². The van der Waals surface area contributed by atoms with Gasteiger partial charge in [-0.15, -0.1) is 24.0 Å². The molecule has 3 rings (SSSR count).